The van der Waals surface area contributed by atoms with Gasteiger partial charge in [-0.05, 0) is 95.5 Å². The van der Waals surface area contributed by atoms with E-state index in [1.165, 1.54) is 98.8 Å². The van der Waals surface area contributed by atoms with Gasteiger partial charge < -0.3 is 10.2 Å². The third-order valence-electron chi connectivity index (χ3n) is 6.30. The SMILES string of the molecule is C=C1CCCC/C1=C(\CCCC)NC.CC.CC.Cc1ccc(C2CCN(C)CC2)cc1. The molecule has 0 amide bonds. The summed E-state index contributed by atoms with van der Waals surface area (Å²) in [6.07, 6.45) is 11.5. The minimum absolute atomic E-state index is 0.798. The molecule has 0 radical (unpaired) electrons. The monoisotopic (exact) mass is 442 g/mol. The van der Waals surface area contributed by atoms with E-state index in [9.17, 15) is 0 Å². The molecule has 1 aromatic rings. The fraction of sp³-hybridized carbons (Fsp3) is 0.667. The molecule has 0 unspecified atom stereocenters. The zero-order valence-corrected chi connectivity index (χ0v) is 22.8. The third kappa shape index (κ3) is 11.4. The fourth-order valence-electron chi connectivity index (χ4n) is 4.29. The summed E-state index contributed by atoms with van der Waals surface area (Å²) in [5.41, 5.74) is 7.23. The number of piperidine rings is 1. The first-order valence-corrected chi connectivity index (χ1v) is 13.4. The Balaban J connectivity index is 0.000000520. The van der Waals surface area contributed by atoms with Crippen molar-refractivity contribution in [2.75, 3.05) is 27.2 Å². The Morgan fingerprint density at radius 1 is 1.00 bits per heavy atom. The third-order valence-corrected chi connectivity index (χ3v) is 6.30. The zero-order valence-electron chi connectivity index (χ0n) is 22.8. The Kier molecular flexibility index (Phi) is 18.1. The van der Waals surface area contributed by atoms with E-state index in [1.54, 1.807) is 0 Å². The van der Waals surface area contributed by atoms with Crippen molar-refractivity contribution in [1.29, 1.82) is 0 Å². The average Bonchev–Trinajstić information content (AvgIpc) is 2.85. The maximum atomic E-state index is 4.17. The lowest BCUT2D eigenvalue weighted by Gasteiger charge is -2.29. The van der Waals surface area contributed by atoms with Crippen LogP contribution in [-0.4, -0.2) is 32.1 Å². The summed E-state index contributed by atoms with van der Waals surface area (Å²) in [6, 6.07) is 9.05. The van der Waals surface area contributed by atoms with Gasteiger partial charge in [-0.1, -0.05) is 83.0 Å². The van der Waals surface area contributed by atoms with E-state index in [-0.39, 0.29) is 0 Å². The topological polar surface area (TPSA) is 15.3 Å². The molecule has 1 saturated carbocycles. The van der Waals surface area contributed by atoms with Crippen LogP contribution >= 0.6 is 0 Å². The summed E-state index contributed by atoms with van der Waals surface area (Å²) in [7, 11) is 4.26. The normalized spacial score (nSPS) is 18.2. The van der Waals surface area contributed by atoms with Gasteiger partial charge in [-0.25, -0.2) is 0 Å². The lowest BCUT2D eigenvalue weighted by atomic mass is 9.88. The highest BCUT2D eigenvalue weighted by Gasteiger charge is 2.17. The predicted molar refractivity (Wildman–Crippen MR) is 147 cm³/mol. The van der Waals surface area contributed by atoms with E-state index in [4.69, 9.17) is 0 Å². The van der Waals surface area contributed by atoms with Crippen LogP contribution in [-0.2, 0) is 0 Å². The summed E-state index contributed by atoms with van der Waals surface area (Å²) < 4.78 is 0. The Morgan fingerprint density at radius 2 is 1.56 bits per heavy atom. The molecule has 32 heavy (non-hydrogen) atoms. The molecule has 1 saturated heterocycles. The number of hydrogen-bond acceptors (Lipinski definition) is 2. The first-order chi connectivity index (χ1) is 15.5. The smallest absolute Gasteiger partial charge is 0.0139 e. The number of benzene rings is 1. The number of likely N-dealkylation sites (tertiary alicyclic amines) is 1. The molecule has 1 aromatic carbocycles. The maximum absolute atomic E-state index is 4.17. The van der Waals surface area contributed by atoms with E-state index in [1.807, 2.05) is 34.7 Å². The Morgan fingerprint density at radius 3 is 2.06 bits per heavy atom. The average molecular weight is 443 g/mol. The van der Waals surface area contributed by atoms with Crippen LogP contribution in [0, 0.1) is 6.92 Å². The Labute approximate surface area is 201 Å². The van der Waals surface area contributed by atoms with Gasteiger partial charge in [0.05, 0.1) is 0 Å². The first-order valence-electron chi connectivity index (χ1n) is 13.4. The number of unbranched alkanes of at least 4 members (excludes halogenated alkanes) is 1. The van der Waals surface area contributed by atoms with E-state index in [0.717, 1.165) is 5.92 Å². The quantitative estimate of drug-likeness (QED) is 0.491. The molecule has 1 aliphatic heterocycles. The van der Waals surface area contributed by atoms with Crippen molar-refractivity contribution in [3.05, 3.63) is 58.8 Å². The highest BCUT2D eigenvalue weighted by Crippen LogP contribution is 2.30. The van der Waals surface area contributed by atoms with Gasteiger partial charge in [0.2, 0.25) is 0 Å². The van der Waals surface area contributed by atoms with Crippen LogP contribution in [0.15, 0.2) is 47.7 Å². The van der Waals surface area contributed by atoms with Crippen molar-refractivity contribution in [3.63, 3.8) is 0 Å². The summed E-state index contributed by atoms with van der Waals surface area (Å²) in [5, 5.41) is 3.36. The molecule has 1 N–H and O–H groups in total. The second-order valence-electron chi connectivity index (χ2n) is 8.61. The standard InChI is InChI=1S/C13H19N.C13H23N.2C2H6/c1-11-3-5-12(6-4-11)13-7-9-14(2)10-8-13;1-4-5-10-13(14-3)12-9-7-6-8-11(12)2;2*1-2/h3-6,13H,7-10H2,1-2H3;14H,2,4-10H2,1,3H3;2*1-2H3/b;13-12-;;. The number of hydrogen-bond donors (Lipinski definition) is 1. The maximum Gasteiger partial charge on any atom is 0.0139 e. The second kappa shape index (κ2) is 19.0. The van der Waals surface area contributed by atoms with Gasteiger partial charge >= 0.3 is 0 Å². The van der Waals surface area contributed by atoms with Gasteiger partial charge in [0.15, 0.2) is 0 Å². The van der Waals surface area contributed by atoms with Crippen LogP contribution in [0.4, 0.5) is 0 Å². The van der Waals surface area contributed by atoms with Crippen molar-refractivity contribution in [2.24, 2.45) is 0 Å². The van der Waals surface area contributed by atoms with Crippen LogP contribution < -0.4 is 5.32 Å². The molecular weight excluding hydrogens is 388 g/mol. The van der Waals surface area contributed by atoms with E-state index < -0.39 is 0 Å². The molecule has 0 bridgehead atoms. The first kappa shape index (κ1) is 30.5. The number of allylic oxidation sites excluding steroid dienone is 3. The molecule has 2 heteroatoms. The lowest BCUT2D eigenvalue weighted by molar-refractivity contribution is 0.255. The minimum atomic E-state index is 0.798. The highest BCUT2D eigenvalue weighted by atomic mass is 15.1. The van der Waals surface area contributed by atoms with Crippen LogP contribution in [0.5, 0.6) is 0 Å². The molecule has 1 aliphatic carbocycles. The van der Waals surface area contributed by atoms with Gasteiger partial charge in [-0.2, -0.15) is 0 Å². The minimum Gasteiger partial charge on any atom is -0.391 e. The fourth-order valence-corrected chi connectivity index (χ4v) is 4.29. The lowest BCUT2D eigenvalue weighted by Crippen LogP contribution is -2.29. The second-order valence-corrected chi connectivity index (χ2v) is 8.61. The van der Waals surface area contributed by atoms with Crippen molar-refractivity contribution < 1.29 is 0 Å². The van der Waals surface area contributed by atoms with Crippen LogP contribution in [0.2, 0.25) is 0 Å². The Hall–Kier alpha value is -1.54. The molecule has 184 valence electrons. The number of aryl methyl sites for hydroxylation is 1. The van der Waals surface area contributed by atoms with Gasteiger partial charge in [-0.15, -0.1) is 0 Å². The predicted octanol–water partition coefficient (Wildman–Crippen LogP) is 8.64. The molecule has 0 atom stereocenters. The number of rotatable bonds is 5. The van der Waals surface area contributed by atoms with Crippen LogP contribution in [0.25, 0.3) is 0 Å². The van der Waals surface area contributed by atoms with Crippen molar-refractivity contribution in [3.8, 4) is 0 Å². The molecule has 2 nitrogen and oxygen atoms in total. The number of nitrogens with one attached hydrogen (secondary N) is 1. The van der Waals surface area contributed by atoms with E-state index in [2.05, 4.69) is 62.0 Å². The highest BCUT2D eigenvalue weighted by molar-refractivity contribution is 5.34. The number of nitrogens with zero attached hydrogens (tertiary/aromatic N) is 1. The molecule has 3 rings (SSSR count). The van der Waals surface area contributed by atoms with Gasteiger partial charge in [0.25, 0.3) is 0 Å². The van der Waals surface area contributed by atoms with Gasteiger partial charge in [0.1, 0.15) is 0 Å². The molecule has 0 aromatic heterocycles. The van der Waals surface area contributed by atoms with Crippen molar-refractivity contribution in [2.45, 2.75) is 105 Å². The molecule has 2 aliphatic rings. The molecular formula is C30H54N2. The van der Waals surface area contributed by atoms with Crippen LogP contribution in [0.1, 0.15) is 109 Å². The zero-order chi connectivity index (χ0) is 24.4. The van der Waals surface area contributed by atoms with E-state index >= 15 is 0 Å². The summed E-state index contributed by atoms with van der Waals surface area (Å²) in [4.78, 5) is 2.42. The van der Waals surface area contributed by atoms with Gasteiger partial charge in [0, 0.05) is 12.7 Å². The molecule has 1 heterocycles. The van der Waals surface area contributed by atoms with E-state index in [0.29, 0.717) is 0 Å². The summed E-state index contributed by atoms with van der Waals surface area (Å²) >= 11 is 0. The largest absolute Gasteiger partial charge is 0.391 e. The van der Waals surface area contributed by atoms with Crippen molar-refractivity contribution in [1.82, 2.24) is 10.2 Å². The van der Waals surface area contributed by atoms with Gasteiger partial charge in [-0.3, -0.25) is 0 Å². The Bertz CT molecular complexity index is 619. The summed E-state index contributed by atoms with van der Waals surface area (Å²) in [5.74, 6) is 0.798. The molecule has 2 fully saturated rings. The van der Waals surface area contributed by atoms with Crippen molar-refractivity contribution >= 4 is 0 Å². The van der Waals surface area contributed by atoms with Crippen LogP contribution in [0.3, 0.4) is 0 Å². The summed E-state index contributed by atoms with van der Waals surface area (Å²) in [6.45, 7) is 19.1. The molecule has 0 spiro atoms.